The van der Waals surface area contributed by atoms with E-state index in [4.69, 9.17) is 0 Å². The fourth-order valence-corrected chi connectivity index (χ4v) is 5.65. The number of amides is 2. The highest BCUT2D eigenvalue weighted by atomic mass is 16.2. The van der Waals surface area contributed by atoms with Crippen LogP contribution in [0.1, 0.15) is 44.2 Å². The van der Waals surface area contributed by atoms with E-state index in [1.807, 2.05) is 36.4 Å². The van der Waals surface area contributed by atoms with Crippen molar-refractivity contribution < 1.29 is 9.59 Å². The second-order valence-corrected chi connectivity index (χ2v) is 11.6. The lowest BCUT2D eigenvalue weighted by Crippen LogP contribution is -2.32. The smallest absolute Gasteiger partial charge is 0.229 e. The number of nitrogens with zero attached hydrogens (tertiary/aromatic N) is 4. The van der Waals surface area contributed by atoms with Gasteiger partial charge < -0.3 is 10.6 Å². The summed E-state index contributed by atoms with van der Waals surface area (Å²) in [6.07, 6.45) is 5.63. The summed E-state index contributed by atoms with van der Waals surface area (Å²) in [4.78, 5) is 42.6. The lowest BCUT2D eigenvalue weighted by molar-refractivity contribution is -0.118. The Kier molecular flexibility index (Phi) is 5.71. The Bertz CT molecular complexity index is 1900. The van der Waals surface area contributed by atoms with Crippen LogP contribution >= 0.6 is 0 Å². The molecule has 0 radical (unpaired) electrons. The molecule has 3 N–H and O–H groups in total. The summed E-state index contributed by atoms with van der Waals surface area (Å²) in [6.45, 7) is 6.24. The Morgan fingerprint density at radius 3 is 2.71 bits per heavy atom. The first kappa shape index (κ1) is 25.1. The average molecular weight is 544 g/mol. The zero-order chi connectivity index (χ0) is 28.3. The van der Waals surface area contributed by atoms with Crippen LogP contribution < -0.4 is 16.0 Å². The molecule has 0 unspecified atom stereocenters. The Morgan fingerprint density at radius 2 is 1.88 bits per heavy atom. The Morgan fingerprint density at radius 1 is 1.02 bits per heavy atom. The molecule has 3 aromatic carbocycles. The lowest BCUT2D eigenvalue weighted by atomic mass is 9.78. The number of fused-ring (bicyclic) bond motifs is 3. The molecule has 0 saturated heterocycles. The number of benzene rings is 3. The van der Waals surface area contributed by atoms with E-state index in [0.29, 0.717) is 18.2 Å². The van der Waals surface area contributed by atoms with Crippen molar-refractivity contribution in [2.75, 3.05) is 16.0 Å². The molecule has 1 aliphatic heterocycles. The highest BCUT2D eigenvalue weighted by molar-refractivity contribution is 6.03. The van der Waals surface area contributed by atoms with Crippen molar-refractivity contribution in [1.29, 1.82) is 0 Å². The molecule has 2 amide bonds. The van der Waals surface area contributed by atoms with Crippen LogP contribution in [0.15, 0.2) is 61.1 Å². The number of hydrogen-bond donors (Lipinski definition) is 3. The molecule has 1 aliphatic carbocycles. The van der Waals surface area contributed by atoms with Crippen LogP contribution in [-0.2, 0) is 15.0 Å². The monoisotopic (exact) mass is 543 g/mol. The first-order valence-corrected chi connectivity index (χ1v) is 13.8. The van der Waals surface area contributed by atoms with E-state index in [-0.39, 0.29) is 23.1 Å². The highest BCUT2D eigenvalue weighted by Gasteiger charge is 2.32. The van der Waals surface area contributed by atoms with Crippen LogP contribution in [0.3, 0.4) is 0 Å². The van der Waals surface area contributed by atoms with Crippen molar-refractivity contribution in [3.8, 4) is 11.1 Å². The van der Waals surface area contributed by atoms with Crippen molar-refractivity contribution in [3.05, 3.63) is 72.2 Å². The largest absolute Gasteiger partial charge is 0.340 e. The molecular weight excluding hydrogens is 514 g/mol. The van der Waals surface area contributed by atoms with Gasteiger partial charge in [-0.15, -0.1) is 0 Å². The molecule has 1 fully saturated rings. The number of anilines is 4. The highest BCUT2D eigenvalue weighted by Crippen LogP contribution is 2.40. The van der Waals surface area contributed by atoms with Gasteiger partial charge >= 0.3 is 0 Å². The lowest BCUT2D eigenvalue weighted by Gasteiger charge is -2.32. The molecule has 9 heteroatoms. The number of carbonyl (C=O) groups excluding carboxylic acids is 2. The van der Waals surface area contributed by atoms with Crippen molar-refractivity contribution in [2.24, 2.45) is 5.92 Å². The molecule has 1 saturated carbocycles. The summed E-state index contributed by atoms with van der Waals surface area (Å²) in [7, 11) is 0. The van der Waals surface area contributed by atoms with Gasteiger partial charge in [0, 0.05) is 51.7 Å². The molecule has 7 rings (SSSR count). The van der Waals surface area contributed by atoms with Gasteiger partial charge in [-0.2, -0.15) is 0 Å². The summed E-state index contributed by atoms with van der Waals surface area (Å²) < 4.78 is 0. The van der Waals surface area contributed by atoms with E-state index in [2.05, 4.69) is 68.8 Å². The number of aryl methyl sites for hydroxylation is 1. The summed E-state index contributed by atoms with van der Waals surface area (Å²) in [6, 6.07) is 16.2. The van der Waals surface area contributed by atoms with Gasteiger partial charge in [0.05, 0.1) is 11.0 Å². The fraction of sp³-hybridized carbons (Fsp3) is 0.250. The van der Waals surface area contributed by atoms with Crippen molar-refractivity contribution in [2.45, 2.75) is 45.4 Å². The van der Waals surface area contributed by atoms with Gasteiger partial charge in [0.25, 0.3) is 0 Å². The molecule has 204 valence electrons. The third kappa shape index (κ3) is 4.63. The first-order chi connectivity index (χ1) is 19.7. The van der Waals surface area contributed by atoms with Crippen LogP contribution in [-0.4, -0.2) is 31.8 Å². The third-order valence-corrected chi connectivity index (χ3v) is 7.95. The standard InChI is InChI=1S/C32H29N7O2/c1-17-4-9-22-28(27(17)19-7-11-24-20(12-19)15-33-31(38-24)39-30(41)18-5-6-18)34-16-35-29(22)36-21-8-10-23-25(13-21)37-26(40)14-32(23,2)3/h4,7-13,15-16,18H,5-6,14H2,1-3H3,(H,37,40)(H,34,35,36)(H,33,38,39,41). The maximum absolute atomic E-state index is 12.3. The minimum absolute atomic E-state index is 0.0135. The normalized spacial score (nSPS) is 15.8. The first-order valence-electron chi connectivity index (χ1n) is 13.8. The zero-order valence-electron chi connectivity index (χ0n) is 23.1. The van der Waals surface area contributed by atoms with E-state index in [0.717, 1.165) is 68.3 Å². The van der Waals surface area contributed by atoms with Gasteiger partial charge in [0.2, 0.25) is 17.8 Å². The molecule has 2 aromatic heterocycles. The summed E-state index contributed by atoms with van der Waals surface area (Å²) in [5, 5.41) is 11.0. The molecule has 5 aromatic rings. The number of carbonyl (C=O) groups is 2. The number of hydrogen-bond acceptors (Lipinski definition) is 7. The molecule has 9 nitrogen and oxygen atoms in total. The predicted octanol–water partition coefficient (Wildman–Crippen LogP) is 6.26. The maximum Gasteiger partial charge on any atom is 0.229 e. The van der Waals surface area contributed by atoms with E-state index in [9.17, 15) is 9.59 Å². The van der Waals surface area contributed by atoms with E-state index < -0.39 is 0 Å². The third-order valence-electron chi connectivity index (χ3n) is 7.95. The molecule has 0 spiro atoms. The number of rotatable bonds is 5. The van der Waals surface area contributed by atoms with Gasteiger partial charge in [0.1, 0.15) is 12.1 Å². The molecule has 0 atom stereocenters. The van der Waals surface area contributed by atoms with Gasteiger partial charge in [-0.05, 0) is 66.8 Å². The second kappa shape index (κ2) is 9.33. The molecule has 2 aliphatic rings. The maximum atomic E-state index is 12.3. The Balaban J connectivity index is 1.24. The fourth-order valence-electron chi connectivity index (χ4n) is 5.65. The SMILES string of the molecule is Cc1ccc2c(Nc3ccc4c(c3)NC(=O)CC4(C)C)ncnc2c1-c1ccc2nc(NC(=O)C3CC3)ncc2c1. The van der Waals surface area contributed by atoms with Crippen LogP contribution in [0, 0.1) is 12.8 Å². The quantitative estimate of drug-likeness (QED) is 0.239. The molecular formula is C32H29N7O2. The van der Waals surface area contributed by atoms with Crippen molar-refractivity contribution in [3.63, 3.8) is 0 Å². The van der Waals surface area contributed by atoms with Crippen LogP contribution in [0.25, 0.3) is 32.9 Å². The van der Waals surface area contributed by atoms with Gasteiger partial charge in [-0.1, -0.05) is 32.0 Å². The van der Waals surface area contributed by atoms with E-state index in [1.165, 1.54) is 0 Å². The summed E-state index contributed by atoms with van der Waals surface area (Å²) >= 11 is 0. The topological polar surface area (TPSA) is 122 Å². The average Bonchev–Trinajstić information content (AvgIpc) is 3.78. The minimum atomic E-state index is -0.221. The second-order valence-electron chi connectivity index (χ2n) is 11.6. The number of aromatic nitrogens is 4. The van der Waals surface area contributed by atoms with Crippen LogP contribution in [0.4, 0.5) is 23.1 Å². The van der Waals surface area contributed by atoms with E-state index in [1.54, 1.807) is 12.5 Å². The van der Waals surface area contributed by atoms with Crippen LogP contribution in [0.5, 0.6) is 0 Å². The minimum Gasteiger partial charge on any atom is -0.340 e. The predicted molar refractivity (Wildman–Crippen MR) is 160 cm³/mol. The van der Waals surface area contributed by atoms with Crippen LogP contribution in [0.2, 0.25) is 0 Å². The van der Waals surface area contributed by atoms with Gasteiger partial charge in [0.15, 0.2) is 0 Å². The Labute approximate surface area is 236 Å². The molecule has 0 bridgehead atoms. The summed E-state index contributed by atoms with van der Waals surface area (Å²) in [5.74, 6) is 1.11. The zero-order valence-corrected chi connectivity index (χ0v) is 23.1. The van der Waals surface area contributed by atoms with Crippen molar-refractivity contribution in [1.82, 2.24) is 19.9 Å². The number of nitrogens with one attached hydrogen (secondary N) is 3. The van der Waals surface area contributed by atoms with Crippen molar-refractivity contribution >= 4 is 56.8 Å². The van der Waals surface area contributed by atoms with Gasteiger partial charge in [-0.3, -0.25) is 14.9 Å². The van der Waals surface area contributed by atoms with E-state index >= 15 is 0 Å². The Hall–Kier alpha value is -4.92. The van der Waals surface area contributed by atoms with Gasteiger partial charge in [-0.25, -0.2) is 19.9 Å². The summed E-state index contributed by atoms with van der Waals surface area (Å²) in [5.41, 5.74) is 7.19. The molecule has 3 heterocycles. The molecule has 41 heavy (non-hydrogen) atoms.